The van der Waals surface area contributed by atoms with E-state index in [1.54, 1.807) is 0 Å². The second-order valence-corrected chi connectivity index (χ2v) is 5.14. The van der Waals surface area contributed by atoms with Gasteiger partial charge in [0.1, 0.15) is 0 Å². The minimum atomic E-state index is -1.09. The number of unbranched alkanes of at least 4 members (excludes halogenated alkanes) is 5. The van der Waals surface area contributed by atoms with Crippen molar-refractivity contribution >= 4 is 18.1 Å². The molecule has 126 valence electrons. The average Bonchev–Trinajstić information content (AvgIpc) is 2.54. The Labute approximate surface area is 135 Å². The number of esters is 1. The van der Waals surface area contributed by atoms with Gasteiger partial charge < -0.3 is 14.6 Å². The van der Waals surface area contributed by atoms with Gasteiger partial charge in [-0.1, -0.05) is 39.0 Å². The Kier molecular flexibility index (Phi) is 8.42. The van der Waals surface area contributed by atoms with E-state index in [0.717, 1.165) is 19.3 Å². The van der Waals surface area contributed by atoms with Gasteiger partial charge >= 0.3 is 18.1 Å². The normalized spacial score (nSPS) is 10.1. The summed E-state index contributed by atoms with van der Waals surface area (Å²) in [5, 5.41) is 8.76. The van der Waals surface area contributed by atoms with Crippen LogP contribution in [0, 0.1) is 0 Å². The second-order valence-electron chi connectivity index (χ2n) is 5.14. The first-order valence-corrected chi connectivity index (χ1v) is 7.77. The molecule has 0 heterocycles. The number of carbonyl (C=O) groups is 3. The van der Waals surface area contributed by atoms with Crippen LogP contribution in [0.3, 0.4) is 0 Å². The van der Waals surface area contributed by atoms with Crippen LogP contribution in [0.1, 0.15) is 66.2 Å². The molecule has 0 saturated carbocycles. The molecule has 0 aliphatic rings. The fourth-order valence-electron chi connectivity index (χ4n) is 1.95. The summed E-state index contributed by atoms with van der Waals surface area (Å²) in [6.45, 7) is 2.36. The van der Waals surface area contributed by atoms with Crippen LogP contribution in [0.15, 0.2) is 24.3 Å². The maximum Gasteiger partial charge on any atom is 0.516 e. The standard InChI is InChI=1S/C17H22O6/c1-2-3-4-5-6-7-12-22-17(21)23-16(20)14-10-8-13(9-11-14)15(18)19/h8-11H,2-7,12H2,1H3,(H,18,19). The average molecular weight is 322 g/mol. The summed E-state index contributed by atoms with van der Waals surface area (Å²) in [6.07, 6.45) is 5.33. The number of aromatic carboxylic acids is 1. The summed E-state index contributed by atoms with van der Waals surface area (Å²) in [5.41, 5.74) is 0.138. The van der Waals surface area contributed by atoms with Crippen molar-refractivity contribution in [2.45, 2.75) is 45.4 Å². The van der Waals surface area contributed by atoms with Crippen molar-refractivity contribution in [1.82, 2.24) is 0 Å². The molecular formula is C17H22O6. The Bertz CT molecular complexity index is 520. The quantitative estimate of drug-likeness (QED) is 0.419. The molecule has 0 aliphatic carbocycles. The third-order valence-electron chi connectivity index (χ3n) is 3.26. The summed E-state index contributed by atoms with van der Waals surface area (Å²) in [6, 6.07) is 5.10. The summed E-state index contributed by atoms with van der Waals surface area (Å²) >= 11 is 0. The van der Waals surface area contributed by atoms with Gasteiger partial charge in [0.2, 0.25) is 0 Å². The molecule has 0 bridgehead atoms. The van der Waals surface area contributed by atoms with Gasteiger partial charge in [-0.25, -0.2) is 14.4 Å². The van der Waals surface area contributed by atoms with E-state index in [0.29, 0.717) is 0 Å². The molecule has 1 N–H and O–H groups in total. The number of hydrogen-bond donors (Lipinski definition) is 1. The third-order valence-corrected chi connectivity index (χ3v) is 3.26. The van der Waals surface area contributed by atoms with Crippen LogP contribution < -0.4 is 0 Å². The van der Waals surface area contributed by atoms with Gasteiger partial charge in [-0.3, -0.25) is 0 Å². The van der Waals surface area contributed by atoms with E-state index in [9.17, 15) is 14.4 Å². The lowest BCUT2D eigenvalue weighted by molar-refractivity contribution is 0.0379. The van der Waals surface area contributed by atoms with Gasteiger partial charge in [0.05, 0.1) is 17.7 Å². The first-order valence-electron chi connectivity index (χ1n) is 7.77. The Balaban J connectivity index is 2.25. The Morgan fingerprint density at radius 1 is 0.913 bits per heavy atom. The number of ether oxygens (including phenoxy) is 2. The molecule has 23 heavy (non-hydrogen) atoms. The largest absolute Gasteiger partial charge is 0.516 e. The molecule has 0 fully saturated rings. The molecular weight excluding hydrogens is 300 g/mol. The fraction of sp³-hybridized carbons (Fsp3) is 0.471. The van der Waals surface area contributed by atoms with E-state index in [1.165, 1.54) is 43.5 Å². The fourth-order valence-corrected chi connectivity index (χ4v) is 1.95. The number of carbonyl (C=O) groups excluding carboxylic acids is 2. The molecule has 0 spiro atoms. The first-order chi connectivity index (χ1) is 11.0. The van der Waals surface area contributed by atoms with Gasteiger partial charge in [-0.2, -0.15) is 0 Å². The van der Waals surface area contributed by atoms with Crippen LogP contribution in [0.4, 0.5) is 4.79 Å². The highest BCUT2D eigenvalue weighted by Gasteiger charge is 2.14. The van der Waals surface area contributed by atoms with Gasteiger partial charge in [-0.15, -0.1) is 0 Å². The zero-order valence-electron chi connectivity index (χ0n) is 13.2. The topological polar surface area (TPSA) is 89.9 Å². The van der Waals surface area contributed by atoms with E-state index < -0.39 is 18.1 Å². The van der Waals surface area contributed by atoms with Crippen molar-refractivity contribution in [1.29, 1.82) is 0 Å². The van der Waals surface area contributed by atoms with Crippen LogP contribution in [-0.2, 0) is 9.47 Å². The first kappa shape index (κ1) is 18.7. The molecule has 6 nitrogen and oxygen atoms in total. The number of carboxylic acid groups (broad SMARTS) is 1. The smallest absolute Gasteiger partial charge is 0.478 e. The monoisotopic (exact) mass is 322 g/mol. The predicted molar refractivity (Wildman–Crippen MR) is 83.5 cm³/mol. The molecule has 0 aromatic heterocycles. The molecule has 1 rings (SSSR count). The number of carboxylic acids is 1. The second kappa shape index (κ2) is 10.4. The molecule has 0 aliphatic heterocycles. The van der Waals surface area contributed by atoms with Crippen LogP contribution in [0.2, 0.25) is 0 Å². The molecule has 0 atom stereocenters. The lowest BCUT2D eigenvalue weighted by Gasteiger charge is -2.05. The van der Waals surface area contributed by atoms with Crippen molar-refractivity contribution in [3.8, 4) is 0 Å². The Morgan fingerprint density at radius 3 is 2.09 bits per heavy atom. The molecule has 6 heteroatoms. The summed E-state index contributed by atoms with van der Waals surface area (Å²) in [7, 11) is 0. The Morgan fingerprint density at radius 2 is 1.48 bits per heavy atom. The van der Waals surface area contributed by atoms with Crippen molar-refractivity contribution < 1.29 is 29.0 Å². The summed E-state index contributed by atoms with van der Waals surface area (Å²) in [5.74, 6) is -1.96. The van der Waals surface area contributed by atoms with Crippen molar-refractivity contribution in [3.63, 3.8) is 0 Å². The van der Waals surface area contributed by atoms with Crippen molar-refractivity contribution in [2.75, 3.05) is 6.61 Å². The molecule has 0 amide bonds. The third kappa shape index (κ3) is 7.44. The van der Waals surface area contributed by atoms with Crippen molar-refractivity contribution in [3.05, 3.63) is 35.4 Å². The van der Waals surface area contributed by atoms with E-state index >= 15 is 0 Å². The molecule has 0 radical (unpaired) electrons. The number of benzene rings is 1. The lowest BCUT2D eigenvalue weighted by Crippen LogP contribution is -2.14. The highest BCUT2D eigenvalue weighted by atomic mass is 16.7. The highest BCUT2D eigenvalue weighted by molar-refractivity contribution is 5.96. The number of hydrogen-bond acceptors (Lipinski definition) is 5. The maximum atomic E-state index is 11.7. The van der Waals surface area contributed by atoms with Gasteiger partial charge in [0, 0.05) is 0 Å². The SMILES string of the molecule is CCCCCCCCOC(=O)OC(=O)c1ccc(C(=O)O)cc1. The van der Waals surface area contributed by atoms with E-state index in [4.69, 9.17) is 9.84 Å². The van der Waals surface area contributed by atoms with Crippen LogP contribution >= 0.6 is 0 Å². The molecule has 1 aromatic carbocycles. The maximum absolute atomic E-state index is 11.7. The summed E-state index contributed by atoms with van der Waals surface area (Å²) < 4.78 is 9.36. The zero-order chi connectivity index (χ0) is 17.1. The lowest BCUT2D eigenvalue weighted by atomic mass is 10.1. The predicted octanol–water partition coefficient (Wildman–Crippen LogP) is 4.04. The van der Waals surface area contributed by atoms with Gasteiger partial charge in [0.15, 0.2) is 0 Å². The molecule has 0 unspecified atom stereocenters. The minimum Gasteiger partial charge on any atom is -0.478 e. The van der Waals surface area contributed by atoms with Crippen LogP contribution in [0.5, 0.6) is 0 Å². The summed E-state index contributed by atoms with van der Waals surface area (Å²) in [4.78, 5) is 33.7. The molecule has 0 saturated heterocycles. The van der Waals surface area contributed by atoms with E-state index in [-0.39, 0.29) is 17.7 Å². The van der Waals surface area contributed by atoms with Crippen LogP contribution in [-0.4, -0.2) is 29.8 Å². The van der Waals surface area contributed by atoms with E-state index in [2.05, 4.69) is 11.7 Å². The van der Waals surface area contributed by atoms with Gasteiger partial charge in [-0.05, 0) is 30.7 Å². The molecule has 1 aromatic rings. The zero-order valence-corrected chi connectivity index (χ0v) is 13.2. The minimum absolute atomic E-state index is 0.0483. The number of rotatable bonds is 9. The van der Waals surface area contributed by atoms with Gasteiger partial charge in [0.25, 0.3) is 0 Å². The van der Waals surface area contributed by atoms with Crippen molar-refractivity contribution in [2.24, 2.45) is 0 Å². The Hall–Kier alpha value is -2.37. The highest BCUT2D eigenvalue weighted by Crippen LogP contribution is 2.08. The van der Waals surface area contributed by atoms with E-state index in [1.807, 2.05) is 0 Å². The van der Waals surface area contributed by atoms with Crippen LogP contribution in [0.25, 0.3) is 0 Å².